The van der Waals surface area contributed by atoms with Gasteiger partial charge in [0.25, 0.3) is 11.8 Å². The van der Waals surface area contributed by atoms with Gasteiger partial charge in [-0.15, -0.1) is 0 Å². The molecule has 0 spiro atoms. The average molecular weight is 473 g/mol. The maximum atomic E-state index is 14.4. The van der Waals surface area contributed by atoms with Gasteiger partial charge in [-0.05, 0) is 56.3 Å². The summed E-state index contributed by atoms with van der Waals surface area (Å²) in [6.45, 7) is 7.32. The van der Waals surface area contributed by atoms with Crippen LogP contribution in [-0.4, -0.2) is 21.8 Å². The van der Waals surface area contributed by atoms with Gasteiger partial charge in [0.05, 0.1) is 23.6 Å². The maximum Gasteiger partial charge on any atom is 0.258 e. The number of hydrogen-bond acceptors (Lipinski definition) is 6. The number of carbonyl (C=O) groups is 2. The van der Waals surface area contributed by atoms with Crippen molar-refractivity contribution in [1.82, 2.24) is 9.97 Å². The molecule has 0 saturated carbocycles. The van der Waals surface area contributed by atoms with Gasteiger partial charge in [0.15, 0.2) is 0 Å². The molecule has 0 atom stereocenters. The van der Waals surface area contributed by atoms with Crippen molar-refractivity contribution in [2.24, 2.45) is 0 Å². The normalized spacial score (nSPS) is 11.2. The van der Waals surface area contributed by atoms with Crippen LogP contribution in [0.5, 0.6) is 0 Å². The van der Waals surface area contributed by atoms with Gasteiger partial charge in [0.1, 0.15) is 5.82 Å². The largest absolute Gasteiger partial charge is 0.399 e. The lowest BCUT2D eigenvalue weighted by Crippen LogP contribution is -2.17. The minimum absolute atomic E-state index is 0.249. The molecule has 0 unspecified atom stereocenters. The summed E-state index contributed by atoms with van der Waals surface area (Å²) in [4.78, 5) is 33.6. The Morgan fingerprint density at radius 1 is 1.03 bits per heavy atom. The van der Waals surface area contributed by atoms with Crippen LogP contribution in [-0.2, 0) is 4.79 Å². The average Bonchev–Trinajstić information content (AvgIpc) is 2.81. The first-order valence-electron chi connectivity index (χ1n) is 10.6. The second kappa shape index (κ2) is 11.4. The van der Waals surface area contributed by atoms with Gasteiger partial charge in [-0.1, -0.05) is 30.4 Å². The number of amides is 2. The smallest absolute Gasteiger partial charge is 0.258 e. The second-order valence-electron chi connectivity index (χ2n) is 7.59. The zero-order valence-corrected chi connectivity index (χ0v) is 19.3. The monoisotopic (exact) mass is 472 g/mol. The number of allylic oxidation sites excluding steroid dienone is 3. The number of rotatable bonds is 8. The third-order valence-electron chi connectivity index (χ3n) is 4.53. The lowest BCUT2D eigenvalue weighted by Gasteiger charge is -2.10. The number of nitrogens with two attached hydrogens (primary N) is 1. The van der Waals surface area contributed by atoms with Crippen LogP contribution in [0, 0.1) is 5.82 Å². The second-order valence-corrected chi connectivity index (χ2v) is 7.59. The Morgan fingerprint density at radius 2 is 1.77 bits per heavy atom. The van der Waals surface area contributed by atoms with Gasteiger partial charge < -0.3 is 21.7 Å². The number of benzene rings is 2. The first kappa shape index (κ1) is 24.8. The molecule has 9 heteroatoms. The molecule has 5 N–H and O–H groups in total. The van der Waals surface area contributed by atoms with Crippen LogP contribution >= 0.6 is 0 Å². The summed E-state index contributed by atoms with van der Waals surface area (Å²) >= 11 is 0. The molecule has 3 rings (SSSR count). The fourth-order valence-corrected chi connectivity index (χ4v) is 3.02. The topological polar surface area (TPSA) is 122 Å². The zero-order chi connectivity index (χ0) is 25.4. The van der Waals surface area contributed by atoms with Gasteiger partial charge in [-0.25, -0.2) is 14.4 Å². The van der Waals surface area contributed by atoms with Crippen LogP contribution in [0.4, 0.5) is 33.1 Å². The van der Waals surface area contributed by atoms with Crippen molar-refractivity contribution in [2.75, 3.05) is 21.7 Å². The molecule has 35 heavy (non-hydrogen) atoms. The number of nitrogens with one attached hydrogen (secondary N) is 3. The van der Waals surface area contributed by atoms with Crippen molar-refractivity contribution in [3.63, 3.8) is 0 Å². The van der Waals surface area contributed by atoms with Gasteiger partial charge in [0, 0.05) is 22.6 Å². The zero-order valence-electron chi connectivity index (χ0n) is 19.3. The summed E-state index contributed by atoms with van der Waals surface area (Å²) in [6.07, 6.45) is 7.74. The van der Waals surface area contributed by atoms with Crippen molar-refractivity contribution in [3.8, 4) is 0 Å². The van der Waals surface area contributed by atoms with Crippen LogP contribution in [0.3, 0.4) is 0 Å². The van der Waals surface area contributed by atoms with Gasteiger partial charge in [0.2, 0.25) is 5.95 Å². The van der Waals surface area contributed by atoms with Crippen LogP contribution in [0.1, 0.15) is 24.2 Å². The molecule has 0 bridgehead atoms. The number of hydrogen-bond donors (Lipinski definition) is 4. The highest BCUT2D eigenvalue weighted by atomic mass is 19.1. The van der Waals surface area contributed by atoms with Crippen LogP contribution in [0.15, 0.2) is 90.8 Å². The molecular weight excluding hydrogens is 447 g/mol. The van der Waals surface area contributed by atoms with Crippen LogP contribution in [0.25, 0.3) is 0 Å². The molecular formula is C26H25FN6O2. The summed E-state index contributed by atoms with van der Waals surface area (Å²) < 4.78 is 14.4. The Hall–Kier alpha value is -4.79. The van der Waals surface area contributed by atoms with Gasteiger partial charge in [-0.3, -0.25) is 9.59 Å². The minimum Gasteiger partial charge on any atom is -0.399 e. The summed E-state index contributed by atoms with van der Waals surface area (Å²) in [5, 5.41) is 8.21. The van der Waals surface area contributed by atoms with Crippen molar-refractivity contribution in [3.05, 3.63) is 102 Å². The SMILES string of the molecule is C=C(C)C=C(C=CC)C(=O)Nc1ccc(F)c(C(=O)Nc2cnc(Nc3cccc(N)c3)nc2)c1. The van der Waals surface area contributed by atoms with E-state index in [0.717, 1.165) is 6.07 Å². The summed E-state index contributed by atoms with van der Waals surface area (Å²) in [6, 6.07) is 10.8. The number of nitrogens with zero attached hydrogens (tertiary/aromatic N) is 2. The van der Waals surface area contributed by atoms with Crippen molar-refractivity contribution in [1.29, 1.82) is 0 Å². The Labute approximate surface area is 202 Å². The number of nitrogen functional groups attached to an aromatic ring is 1. The van der Waals surface area contributed by atoms with Crippen LogP contribution < -0.4 is 21.7 Å². The predicted octanol–water partition coefficient (Wildman–Crippen LogP) is 5.21. The van der Waals surface area contributed by atoms with E-state index in [9.17, 15) is 14.0 Å². The highest BCUT2D eigenvalue weighted by molar-refractivity contribution is 6.08. The molecule has 2 aromatic carbocycles. The third-order valence-corrected chi connectivity index (χ3v) is 4.53. The Balaban J connectivity index is 1.71. The van der Waals surface area contributed by atoms with Gasteiger partial charge >= 0.3 is 0 Å². The summed E-state index contributed by atoms with van der Waals surface area (Å²) in [5.41, 5.74) is 8.40. The quantitative estimate of drug-likeness (QED) is 0.203. The lowest BCUT2D eigenvalue weighted by atomic mass is 10.1. The van der Waals surface area contributed by atoms with Crippen LogP contribution in [0.2, 0.25) is 0 Å². The molecule has 2 amide bonds. The van der Waals surface area contributed by atoms with E-state index in [1.165, 1.54) is 24.5 Å². The molecule has 1 aromatic heterocycles. The highest BCUT2D eigenvalue weighted by Gasteiger charge is 2.15. The number of carbonyl (C=O) groups excluding carboxylic acids is 2. The minimum atomic E-state index is -0.743. The highest BCUT2D eigenvalue weighted by Crippen LogP contribution is 2.19. The van der Waals surface area contributed by atoms with E-state index in [0.29, 0.717) is 28.5 Å². The van der Waals surface area contributed by atoms with E-state index in [4.69, 9.17) is 5.73 Å². The molecule has 0 aliphatic rings. The molecule has 8 nitrogen and oxygen atoms in total. The van der Waals surface area contributed by atoms with E-state index in [1.807, 2.05) is 0 Å². The molecule has 178 valence electrons. The standard InChI is InChI=1S/C26H25FN6O2/c1-4-6-17(11-16(2)3)24(34)31-20-9-10-23(27)22(13-20)25(35)32-21-14-29-26(30-15-21)33-19-8-5-7-18(28)12-19/h4-15H,2,28H2,1,3H3,(H,31,34)(H,32,35)(H,29,30,33). The number of aromatic nitrogens is 2. The Kier molecular flexibility index (Phi) is 8.07. The van der Waals surface area contributed by atoms with E-state index in [-0.39, 0.29) is 16.9 Å². The summed E-state index contributed by atoms with van der Waals surface area (Å²) in [5.74, 6) is -1.58. The van der Waals surface area contributed by atoms with E-state index in [1.54, 1.807) is 56.3 Å². The van der Waals surface area contributed by atoms with Crippen molar-refractivity contribution < 1.29 is 14.0 Å². The number of halogens is 1. The van der Waals surface area contributed by atoms with Gasteiger partial charge in [-0.2, -0.15) is 0 Å². The molecule has 3 aromatic rings. The first-order valence-corrected chi connectivity index (χ1v) is 10.6. The van der Waals surface area contributed by atoms with Crippen molar-refractivity contribution in [2.45, 2.75) is 13.8 Å². The fraction of sp³-hybridized carbons (Fsp3) is 0.0769. The van der Waals surface area contributed by atoms with E-state index >= 15 is 0 Å². The van der Waals surface area contributed by atoms with E-state index < -0.39 is 17.6 Å². The molecule has 0 aliphatic carbocycles. The Bertz CT molecular complexity index is 1320. The maximum absolute atomic E-state index is 14.4. The van der Waals surface area contributed by atoms with E-state index in [2.05, 4.69) is 32.5 Å². The molecule has 0 saturated heterocycles. The van der Waals surface area contributed by atoms with Crippen molar-refractivity contribution >= 4 is 40.5 Å². The lowest BCUT2D eigenvalue weighted by molar-refractivity contribution is -0.112. The number of anilines is 5. The molecule has 1 heterocycles. The first-order chi connectivity index (χ1) is 16.7. The molecule has 0 radical (unpaired) electrons. The fourth-order valence-electron chi connectivity index (χ4n) is 3.02. The Morgan fingerprint density at radius 3 is 2.43 bits per heavy atom. The summed E-state index contributed by atoms with van der Waals surface area (Å²) in [7, 11) is 0. The predicted molar refractivity (Wildman–Crippen MR) is 137 cm³/mol. The molecule has 0 aliphatic heterocycles. The third kappa shape index (κ3) is 7.10. The molecule has 0 fully saturated rings.